The van der Waals surface area contributed by atoms with E-state index in [1.54, 1.807) is 18.3 Å². The standard InChI is InChI=1S/C12H11ClN4S/c1-8-5-6-14-11(15-8)17-12(18)16-10-4-2-3-9(13)7-10/h2-7H,1H3,(H2,14,15,16,17,18). The summed E-state index contributed by atoms with van der Waals surface area (Å²) in [7, 11) is 0. The Hall–Kier alpha value is -1.72. The van der Waals surface area contributed by atoms with Crippen LogP contribution in [0.2, 0.25) is 5.02 Å². The molecule has 0 fully saturated rings. The topological polar surface area (TPSA) is 49.8 Å². The van der Waals surface area contributed by atoms with Gasteiger partial charge in [-0.3, -0.25) is 0 Å². The van der Waals surface area contributed by atoms with Crippen molar-refractivity contribution in [2.75, 3.05) is 10.6 Å². The Bertz CT molecular complexity index is 524. The molecule has 2 aromatic rings. The van der Waals surface area contributed by atoms with Gasteiger partial charge in [-0.25, -0.2) is 9.97 Å². The Balaban J connectivity index is 2.01. The van der Waals surface area contributed by atoms with Crippen molar-refractivity contribution >= 4 is 40.6 Å². The SMILES string of the molecule is Cc1ccnc(NC(=S)Nc2cccc(Cl)c2)n1. The fourth-order valence-electron chi connectivity index (χ4n) is 1.34. The molecular formula is C12H11ClN4S. The molecule has 0 atom stereocenters. The number of hydrogen-bond donors (Lipinski definition) is 2. The minimum absolute atomic E-state index is 0.419. The average Bonchev–Trinajstić information content (AvgIpc) is 2.28. The van der Waals surface area contributed by atoms with E-state index in [2.05, 4.69) is 20.6 Å². The van der Waals surface area contributed by atoms with Crippen molar-refractivity contribution in [3.63, 3.8) is 0 Å². The van der Waals surface area contributed by atoms with Crippen LogP contribution in [0.4, 0.5) is 11.6 Å². The summed E-state index contributed by atoms with van der Waals surface area (Å²) < 4.78 is 0. The number of halogens is 1. The molecule has 0 aliphatic carbocycles. The van der Waals surface area contributed by atoms with Crippen LogP contribution in [-0.4, -0.2) is 15.1 Å². The normalized spacial score (nSPS) is 9.89. The molecule has 0 bridgehead atoms. The Morgan fingerprint density at radius 1 is 1.28 bits per heavy atom. The molecule has 0 unspecified atom stereocenters. The number of anilines is 2. The van der Waals surface area contributed by atoms with E-state index >= 15 is 0 Å². The number of thiocarbonyl (C=S) groups is 1. The van der Waals surface area contributed by atoms with E-state index in [0.29, 0.717) is 16.1 Å². The monoisotopic (exact) mass is 278 g/mol. The number of nitrogens with one attached hydrogen (secondary N) is 2. The number of aromatic nitrogens is 2. The number of nitrogens with zero attached hydrogens (tertiary/aromatic N) is 2. The van der Waals surface area contributed by atoms with Crippen LogP contribution in [0.5, 0.6) is 0 Å². The molecule has 2 N–H and O–H groups in total. The summed E-state index contributed by atoms with van der Waals surface area (Å²) in [6, 6.07) is 9.12. The van der Waals surface area contributed by atoms with Crippen LogP contribution in [0.25, 0.3) is 0 Å². The molecule has 18 heavy (non-hydrogen) atoms. The van der Waals surface area contributed by atoms with Crippen molar-refractivity contribution in [1.82, 2.24) is 9.97 Å². The van der Waals surface area contributed by atoms with E-state index in [4.69, 9.17) is 23.8 Å². The molecule has 0 aliphatic rings. The van der Waals surface area contributed by atoms with Crippen molar-refractivity contribution < 1.29 is 0 Å². The lowest BCUT2D eigenvalue weighted by Gasteiger charge is -2.09. The van der Waals surface area contributed by atoms with E-state index in [9.17, 15) is 0 Å². The summed E-state index contributed by atoms with van der Waals surface area (Å²) in [4.78, 5) is 8.26. The first-order valence-electron chi connectivity index (χ1n) is 5.27. The third-order valence-corrected chi connectivity index (χ3v) is 2.54. The summed E-state index contributed by atoms with van der Waals surface area (Å²) in [5.41, 5.74) is 1.69. The number of rotatable bonds is 2. The summed E-state index contributed by atoms with van der Waals surface area (Å²) in [5.74, 6) is 0.467. The first kappa shape index (κ1) is 12.7. The van der Waals surface area contributed by atoms with Crippen LogP contribution in [0.15, 0.2) is 36.5 Å². The largest absolute Gasteiger partial charge is 0.332 e. The molecule has 0 saturated heterocycles. The smallest absolute Gasteiger partial charge is 0.229 e. The lowest BCUT2D eigenvalue weighted by molar-refractivity contribution is 1.11. The Labute approximate surface area is 115 Å². The van der Waals surface area contributed by atoms with E-state index in [-0.39, 0.29) is 0 Å². The highest BCUT2D eigenvalue weighted by Gasteiger charge is 2.01. The van der Waals surface area contributed by atoms with E-state index in [1.807, 2.05) is 25.1 Å². The molecule has 0 radical (unpaired) electrons. The molecule has 0 saturated carbocycles. The van der Waals surface area contributed by atoms with Crippen LogP contribution in [-0.2, 0) is 0 Å². The molecule has 1 aromatic heterocycles. The molecule has 0 amide bonds. The average molecular weight is 279 g/mol. The maximum Gasteiger partial charge on any atom is 0.229 e. The van der Waals surface area contributed by atoms with Gasteiger partial charge in [0.15, 0.2) is 5.11 Å². The predicted octanol–water partition coefficient (Wildman–Crippen LogP) is 3.25. The highest BCUT2D eigenvalue weighted by molar-refractivity contribution is 7.80. The molecule has 2 rings (SSSR count). The van der Waals surface area contributed by atoms with Crippen molar-refractivity contribution in [1.29, 1.82) is 0 Å². The van der Waals surface area contributed by atoms with E-state index in [1.165, 1.54) is 0 Å². The number of benzene rings is 1. The fourth-order valence-corrected chi connectivity index (χ4v) is 1.74. The Morgan fingerprint density at radius 3 is 2.83 bits per heavy atom. The third-order valence-electron chi connectivity index (χ3n) is 2.10. The van der Waals surface area contributed by atoms with E-state index in [0.717, 1.165) is 11.4 Å². The van der Waals surface area contributed by atoms with Gasteiger partial charge in [-0.15, -0.1) is 0 Å². The highest BCUT2D eigenvalue weighted by atomic mass is 35.5. The zero-order chi connectivity index (χ0) is 13.0. The van der Waals surface area contributed by atoms with Gasteiger partial charge in [-0.05, 0) is 43.4 Å². The zero-order valence-electron chi connectivity index (χ0n) is 9.64. The van der Waals surface area contributed by atoms with Gasteiger partial charge in [0.1, 0.15) is 0 Å². The maximum atomic E-state index is 5.88. The second-order valence-corrected chi connectivity index (χ2v) is 4.46. The molecular weight excluding hydrogens is 268 g/mol. The minimum Gasteiger partial charge on any atom is -0.332 e. The van der Waals surface area contributed by atoms with Crippen LogP contribution in [0.3, 0.4) is 0 Å². The van der Waals surface area contributed by atoms with Gasteiger partial charge in [0.2, 0.25) is 5.95 Å². The van der Waals surface area contributed by atoms with Gasteiger partial charge in [0.05, 0.1) is 0 Å². The molecule has 0 aliphatic heterocycles. The predicted molar refractivity (Wildman–Crippen MR) is 78.1 cm³/mol. The van der Waals surface area contributed by atoms with Gasteiger partial charge >= 0.3 is 0 Å². The molecule has 1 aromatic carbocycles. The van der Waals surface area contributed by atoms with Crippen molar-refractivity contribution in [2.24, 2.45) is 0 Å². The van der Waals surface area contributed by atoms with Gasteiger partial charge in [-0.2, -0.15) is 0 Å². The van der Waals surface area contributed by atoms with E-state index < -0.39 is 0 Å². The molecule has 0 spiro atoms. The van der Waals surface area contributed by atoms with Gasteiger partial charge in [0, 0.05) is 22.6 Å². The van der Waals surface area contributed by atoms with Gasteiger partial charge in [0.25, 0.3) is 0 Å². The highest BCUT2D eigenvalue weighted by Crippen LogP contribution is 2.15. The van der Waals surface area contributed by atoms with Crippen molar-refractivity contribution in [3.05, 3.63) is 47.2 Å². The second-order valence-electron chi connectivity index (χ2n) is 3.61. The summed E-state index contributed by atoms with van der Waals surface area (Å²) in [6.07, 6.45) is 1.67. The fraction of sp³-hybridized carbons (Fsp3) is 0.0833. The molecule has 1 heterocycles. The quantitative estimate of drug-likeness (QED) is 0.826. The summed E-state index contributed by atoms with van der Waals surface area (Å²) >= 11 is 11.0. The molecule has 6 heteroatoms. The molecule has 4 nitrogen and oxygen atoms in total. The summed E-state index contributed by atoms with van der Waals surface area (Å²) in [5, 5.41) is 6.98. The Morgan fingerprint density at radius 2 is 2.11 bits per heavy atom. The van der Waals surface area contributed by atoms with Gasteiger partial charge in [-0.1, -0.05) is 17.7 Å². The third kappa shape index (κ3) is 3.65. The van der Waals surface area contributed by atoms with Crippen LogP contribution >= 0.6 is 23.8 Å². The number of aryl methyl sites for hydroxylation is 1. The van der Waals surface area contributed by atoms with Crippen LogP contribution in [0.1, 0.15) is 5.69 Å². The maximum absolute atomic E-state index is 5.88. The second kappa shape index (κ2) is 5.75. The first-order valence-corrected chi connectivity index (χ1v) is 6.05. The van der Waals surface area contributed by atoms with Crippen molar-refractivity contribution in [2.45, 2.75) is 6.92 Å². The lowest BCUT2D eigenvalue weighted by atomic mass is 10.3. The zero-order valence-corrected chi connectivity index (χ0v) is 11.2. The first-order chi connectivity index (χ1) is 8.63. The van der Waals surface area contributed by atoms with Crippen molar-refractivity contribution in [3.8, 4) is 0 Å². The van der Waals surface area contributed by atoms with Crippen LogP contribution in [0, 0.1) is 6.92 Å². The van der Waals surface area contributed by atoms with Gasteiger partial charge < -0.3 is 10.6 Å². The molecule has 92 valence electrons. The Kier molecular flexibility index (Phi) is 4.07. The lowest BCUT2D eigenvalue weighted by Crippen LogP contribution is -2.20. The minimum atomic E-state index is 0.419. The summed E-state index contributed by atoms with van der Waals surface area (Å²) in [6.45, 7) is 1.89. The van der Waals surface area contributed by atoms with Crippen LogP contribution < -0.4 is 10.6 Å². The number of hydrogen-bond acceptors (Lipinski definition) is 3.